The summed E-state index contributed by atoms with van der Waals surface area (Å²) >= 11 is 0. The molecule has 0 radical (unpaired) electrons. The van der Waals surface area contributed by atoms with Crippen molar-refractivity contribution in [2.75, 3.05) is 7.05 Å². The van der Waals surface area contributed by atoms with E-state index in [0.717, 1.165) is 23.9 Å². The minimum atomic E-state index is 0.871. The lowest BCUT2D eigenvalue weighted by atomic mass is 9.81. The Balaban J connectivity index is 1.77. The first-order valence-corrected chi connectivity index (χ1v) is 6.64. The summed E-state index contributed by atoms with van der Waals surface area (Å²) in [6.45, 7) is 0. The number of piperidine rings is 1. The molecule has 2 heterocycles. The molecule has 1 aliphatic carbocycles. The first-order valence-electron chi connectivity index (χ1n) is 6.64. The van der Waals surface area contributed by atoms with Gasteiger partial charge < -0.3 is 4.90 Å². The second kappa shape index (κ2) is 3.10. The summed E-state index contributed by atoms with van der Waals surface area (Å²) < 4.78 is 0. The zero-order chi connectivity index (χ0) is 10.7. The van der Waals surface area contributed by atoms with Gasteiger partial charge in [-0.3, -0.25) is 0 Å². The van der Waals surface area contributed by atoms with E-state index in [9.17, 15) is 0 Å². The van der Waals surface area contributed by atoms with Gasteiger partial charge in [0, 0.05) is 12.1 Å². The van der Waals surface area contributed by atoms with Crippen molar-refractivity contribution >= 4 is 0 Å². The van der Waals surface area contributed by atoms with E-state index in [4.69, 9.17) is 0 Å². The van der Waals surface area contributed by atoms with Crippen LogP contribution in [0.15, 0.2) is 24.3 Å². The Morgan fingerprint density at radius 1 is 1.19 bits per heavy atom. The van der Waals surface area contributed by atoms with Crippen LogP contribution in [-0.2, 0) is 6.42 Å². The smallest absolute Gasteiger partial charge is 0.0133 e. The maximum absolute atomic E-state index is 2.67. The fourth-order valence-corrected chi connectivity index (χ4v) is 4.55. The van der Waals surface area contributed by atoms with Crippen LogP contribution >= 0.6 is 0 Å². The van der Waals surface area contributed by atoms with E-state index in [1.807, 2.05) is 0 Å². The third-order valence-corrected chi connectivity index (χ3v) is 5.34. The summed E-state index contributed by atoms with van der Waals surface area (Å²) in [6.07, 6.45) is 5.63. The van der Waals surface area contributed by atoms with E-state index in [1.165, 1.54) is 25.7 Å². The summed E-state index contributed by atoms with van der Waals surface area (Å²) in [6, 6.07) is 10.9. The van der Waals surface area contributed by atoms with Crippen LogP contribution in [0, 0.1) is 5.92 Å². The average Bonchev–Trinajstić information content (AvgIpc) is 2.77. The maximum atomic E-state index is 2.67. The van der Waals surface area contributed by atoms with Crippen molar-refractivity contribution in [1.82, 2.24) is 4.90 Å². The molecule has 0 unspecified atom stereocenters. The minimum Gasteiger partial charge on any atom is -0.300 e. The summed E-state index contributed by atoms with van der Waals surface area (Å²) in [7, 11) is 2.35. The van der Waals surface area contributed by atoms with E-state index in [0.29, 0.717) is 0 Å². The molecular formula is C15H19N. The Morgan fingerprint density at radius 2 is 2.06 bits per heavy atom. The fraction of sp³-hybridized carbons (Fsp3) is 0.600. The lowest BCUT2D eigenvalue weighted by molar-refractivity contribution is 0.109. The Labute approximate surface area is 97.5 Å². The SMILES string of the molecule is CN1[C@H]2CC[C@@H]1[C@H]1Cc3ccccc3[C@H]1C2. The third-order valence-electron chi connectivity index (χ3n) is 5.34. The second-order valence-corrected chi connectivity index (χ2v) is 5.87. The van der Waals surface area contributed by atoms with E-state index < -0.39 is 0 Å². The molecule has 3 aliphatic rings. The van der Waals surface area contributed by atoms with Gasteiger partial charge in [0.25, 0.3) is 0 Å². The average molecular weight is 213 g/mol. The number of hydrogen-bond acceptors (Lipinski definition) is 1. The van der Waals surface area contributed by atoms with Crippen molar-refractivity contribution in [1.29, 1.82) is 0 Å². The van der Waals surface area contributed by atoms with Crippen LogP contribution in [0.5, 0.6) is 0 Å². The van der Waals surface area contributed by atoms with Crippen LogP contribution in [-0.4, -0.2) is 24.0 Å². The molecular weight excluding hydrogens is 194 g/mol. The Hall–Kier alpha value is -0.820. The highest BCUT2D eigenvalue weighted by molar-refractivity contribution is 5.38. The molecule has 0 aromatic heterocycles. The first kappa shape index (κ1) is 9.23. The minimum absolute atomic E-state index is 0.871. The molecule has 0 saturated carbocycles. The van der Waals surface area contributed by atoms with Gasteiger partial charge in [-0.05, 0) is 55.7 Å². The summed E-state index contributed by atoms with van der Waals surface area (Å²) in [5.41, 5.74) is 3.32. The molecule has 1 aromatic rings. The number of hydrogen-bond donors (Lipinski definition) is 0. The van der Waals surface area contributed by atoms with Crippen LogP contribution in [0.1, 0.15) is 36.3 Å². The van der Waals surface area contributed by atoms with Crippen molar-refractivity contribution in [3.8, 4) is 0 Å². The Bertz CT molecular complexity index is 425. The van der Waals surface area contributed by atoms with Crippen LogP contribution < -0.4 is 0 Å². The molecule has 1 nitrogen and oxygen atoms in total. The molecule has 2 bridgehead atoms. The van der Waals surface area contributed by atoms with Gasteiger partial charge in [0.2, 0.25) is 0 Å². The molecule has 2 fully saturated rings. The van der Waals surface area contributed by atoms with Crippen molar-refractivity contribution in [2.45, 2.75) is 43.7 Å². The molecule has 4 atom stereocenters. The molecule has 2 aliphatic heterocycles. The molecule has 16 heavy (non-hydrogen) atoms. The molecule has 4 rings (SSSR count). The summed E-state index contributed by atoms with van der Waals surface area (Å²) in [5.74, 6) is 1.80. The number of fused-ring (bicyclic) bond motifs is 6. The topological polar surface area (TPSA) is 3.24 Å². The van der Waals surface area contributed by atoms with Crippen molar-refractivity contribution in [3.63, 3.8) is 0 Å². The maximum Gasteiger partial charge on any atom is 0.0133 e. The number of rotatable bonds is 0. The molecule has 0 spiro atoms. The van der Waals surface area contributed by atoms with Gasteiger partial charge in [-0.2, -0.15) is 0 Å². The Morgan fingerprint density at radius 3 is 3.00 bits per heavy atom. The predicted molar refractivity (Wildman–Crippen MR) is 65.6 cm³/mol. The van der Waals surface area contributed by atoms with Gasteiger partial charge in [0.1, 0.15) is 0 Å². The van der Waals surface area contributed by atoms with Gasteiger partial charge in [-0.1, -0.05) is 24.3 Å². The third kappa shape index (κ3) is 1.05. The molecule has 0 amide bonds. The van der Waals surface area contributed by atoms with Crippen LogP contribution in [0.25, 0.3) is 0 Å². The normalized spacial score (nSPS) is 40.8. The highest BCUT2D eigenvalue weighted by Crippen LogP contribution is 2.51. The number of nitrogens with zero attached hydrogens (tertiary/aromatic N) is 1. The van der Waals surface area contributed by atoms with E-state index in [1.54, 1.807) is 11.1 Å². The van der Waals surface area contributed by atoms with Crippen LogP contribution in [0.3, 0.4) is 0 Å². The van der Waals surface area contributed by atoms with Crippen molar-refractivity contribution in [3.05, 3.63) is 35.4 Å². The quantitative estimate of drug-likeness (QED) is 0.640. The zero-order valence-electron chi connectivity index (χ0n) is 9.89. The largest absolute Gasteiger partial charge is 0.300 e. The van der Waals surface area contributed by atoms with E-state index in [-0.39, 0.29) is 0 Å². The molecule has 84 valence electrons. The first-order chi connectivity index (χ1) is 7.84. The lowest BCUT2D eigenvalue weighted by Crippen LogP contribution is -2.44. The molecule has 1 heteroatoms. The van der Waals surface area contributed by atoms with Gasteiger partial charge >= 0.3 is 0 Å². The van der Waals surface area contributed by atoms with Gasteiger partial charge in [-0.15, -0.1) is 0 Å². The standard InChI is InChI=1S/C15H19N/c1-16-11-6-7-15(16)14-8-10-4-2-3-5-12(10)13(14)9-11/h2-5,11,13-15H,6-9H2,1H3/t11-,13+,14-,15+/m0/s1. The van der Waals surface area contributed by atoms with Crippen molar-refractivity contribution in [2.24, 2.45) is 5.92 Å². The zero-order valence-corrected chi connectivity index (χ0v) is 9.89. The van der Waals surface area contributed by atoms with E-state index in [2.05, 4.69) is 36.2 Å². The molecule has 2 saturated heterocycles. The second-order valence-electron chi connectivity index (χ2n) is 5.87. The molecule has 0 N–H and O–H groups in total. The van der Waals surface area contributed by atoms with Gasteiger partial charge in [0.05, 0.1) is 0 Å². The summed E-state index contributed by atoms with van der Waals surface area (Å²) in [4.78, 5) is 2.67. The van der Waals surface area contributed by atoms with Crippen LogP contribution in [0.4, 0.5) is 0 Å². The number of benzene rings is 1. The predicted octanol–water partition coefficient (Wildman–Crippen LogP) is 2.81. The van der Waals surface area contributed by atoms with E-state index >= 15 is 0 Å². The monoisotopic (exact) mass is 213 g/mol. The summed E-state index contributed by atoms with van der Waals surface area (Å²) in [5, 5.41) is 0. The Kier molecular flexibility index (Phi) is 1.79. The van der Waals surface area contributed by atoms with Crippen molar-refractivity contribution < 1.29 is 0 Å². The highest BCUT2D eigenvalue weighted by Gasteiger charge is 2.48. The van der Waals surface area contributed by atoms with Crippen LogP contribution in [0.2, 0.25) is 0 Å². The van der Waals surface area contributed by atoms with Gasteiger partial charge in [-0.25, -0.2) is 0 Å². The molecule has 1 aromatic carbocycles. The highest BCUT2D eigenvalue weighted by atomic mass is 15.2. The lowest BCUT2D eigenvalue weighted by Gasteiger charge is -2.40. The van der Waals surface area contributed by atoms with Gasteiger partial charge in [0.15, 0.2) is 0 Å². The fourth-order valence-electron chi connectivity index (χ4n) is 4.55.